The molecule has 0 radical (unpaired) electrons. The maximum Gasteiger partial charge on any atom is 0.141 e. The van der Waals surface area contributed by atoms with Gasteiger partial charge in [0.2, 0.25) is 0 Å². The SMILES string of the molecule is Fc1ccc(Cl)c2c1sc1ccccc12. The minimum Gasteiger partial charge on any atom is -0.205 e. The zero-order valence-corrected chi connectivity index (χ0v) is 9.20. The van der Waals surface area contributed by atoms with Crippen LogP contribution in [0.15, 0.2) is 36.4 Å². The van der Waals surface area contributed by atoms with Crippen LogP contribution in [0.1, 0.15) is 0 Å². The molecule has 74 valence electrons. The Balaban J connectivity index is 2.66. The Bertz CT molecular complexity index is 657. The quantitative estimate of drug-likeness (QED) is 0.524. The lowest BCUT2D eigenvalue weighted by Crippen LogP contribution is -1.74. The first-order valence-corrected chi connectivity index (χ1v) is 5.72. The van der Waals surface area contributed by atoms with Gasteiger partial charge in [0.15, 0.2) is 0 Å². The lowest BCUT2D eigenvalue weighted by molar-refractivity contribution is 0.642. The third kappa shape index (κ3) is 1.25. The zero-order chi connectivity index (χ0) is 10.4. The van der Waals surface area contributed by atoms with Crippen LogP contribution in [-0.4, -0.2) is 0 Å². The second-order valence-corrected chi connectivity index (χ2v) is 4.79. The number of halogens is 2. The molecule has 0 fully saturated rings. The second kappa shape index (κ2) is 3.19. The van der Waals surface area contributed by atoms with Crippen molar-refractivity contribution in [1.82, 2.24) is 0 Å². The Kier molecular flexibility index (Phi) is 1.94. The molecule has 0 bridgehead atoms. The van der Waals surface area contributed by atoms with Crippen molar-refractivity contribution in [2.75, 3.05) is 0 Å². The van der Waals surface area contributed by atoms with E-state index in [1.807, 2.05) is 24.3 Å². The maximum atomic E-state index is 13.6. The Morgan fingerprint density at radius 3 is 2.73 bits per heavy atom. The first-order chi connectivity index (χ1) is 7.27. The fourth-order valence-corrected chi connectivity index (χ4v) is 3.21. The molecule has 0 N–H and O–H groups in total. The van der Waals surface area contributed by atoms with Crippen molar-refractivity contribution in [1.29, 1.82) is 0 Å². The summed E-state index contributed by atoms with van der Waals surface area (Å²) in [6.45, 7) is 0. The van der Waals surface area contributed by atoms with Crippen LogP contribution in [-0.2, 0) is 0 Å². The van der Waals surface area contributed by atoms with Crippen LogP contribution in [0, 0.1) is 5.82 Å². The van der Waals surface area contributed by atoms with E-state index in [4.69, 9.17) is 11.6 Å². The summed E-state index contributed by atoms with van der Waals surface area (Å²) in [5.41, 5.74) is 0. The molecule has 0 amide bonds. The van der Waals surface area contributed by atoms with Crippen molar-refractivity contribution in [2.45, 2.75) is 0 Å². The topological polar surface area (TPSA) is 0 Å². The summed E-state index contributed by atoms with van der Waals surface area (Å²) in [6, 6.07) is 10.9. The average Bonchev–Trinajstić information content (AvgIpc) is 2.64. The predicted molar refractivity (Wildman–Crippen MR) is 64.3 cm³/mol. The van der Waals surface area contributed by atoms with E-state index in [9.17, 15) is 4.39 Å². The van der Waals surface area contributed by atoms with Gasteiger partial charge in [-0.25, -0.2) is 4.39 Å². The predicted octanol–water partition coefficient (Wildman–Crippen LogP) is 4.85. The van der Waals surface area contributed by atoms with Gasteiger partial charge in [-0.3, -0.25) is 0 Å². The van der Waals surface area contributed by atoms with Gasteiger partial charge in [0.05, 0.1) is 9.72 Å². The van der Waals surface area contributed by atoms with Gasteiger partial charge in [0.1, 0.15) is 5.82 Å². The highest BCUT2D eigenvalue weighted by atomic mass is 35.5. The second-order valence-electron chi connectivity index (χ2n) is 3.33. The molecule has 0 atom stereocenters. The molecule has 0 aliphatic carbocycles. The molecule has 15 heavy (non-hydrogen) atoms. The molecule has 3 heteroatoms. The summed E-state index contributed by atoms with van der Waals surface area (Å²) in [4.78, 5) is 0. The first kappa shape index (κ1) is 9.13. The van der Waals surface area contributed by atoms with E-state index in [1.54, 1.807) is 6.07 Å². The number of hydrogen-bond acceptors (Lipinski definition) is 1. The molecule has 0 unspecified atom stereocenters. The van der Waals surface area contributed by atoms with Crippen molar-refractivity contribution >= 4 is 43.1 Å². The molecule has 2 aromatic carbocycles. The van der Waals surface area contributed by atoms with Crippen molar-refractivity contribution in [3.63, 3.8) is 0 Å². The summed E-state index contributed by atoms with van der Waals surface area (Å²) < 4.78 is 15.3. The standard InChI is InChI=1S/C12H6ClFS/c13-8-5-6-9(14)12-11(8)7-3-1-2-4-10(7)15-12/h1-6H. The normalized spacial score (nSPS) is 11.3. The Morgan fingerprint density at radius 1 is 1.07 bits per heavy atom. The molecule has 0 nitrogen and oxygen atoms in total. The molecular formula is C12H6ClFS. The molecule has 1 heterocycles. The number of thiophene rings is 1. The summed E-state index contributed by atoms with van der Waals surface area (Å²) in [5.74, 6) is -0.199. The number of rotatable bonds is 0. The number of benzene rings is 2. The molecule has 3 aromatic rings. The van der Waals surface area contributed by atoms with E-state index in [-0.39, 0.29) is 5.82 Å². The summed E-state index contributed by atoms with van der Waals surface area (Å²) in [6.07, 6.45) is 0. The fraction of sp³-hybridized carbons (Fsp3) is 0. The Labute approximate surface area is 94.9 Å². The van der Waals surface area contributed by atoms with Crippen LogP contribution >= 0.6 is 22.9 Å². The van der Waals surface area contributed by atoms with Crippen LogP contribution in [0.5, 0.6) is 0 Å². The highest BCUT2D eigenvalue weighted by Crippen LogP contribution is 2.38. The van der Waals surface area contributed by atoms with Crippen molar-refractivity contribution in [3.8, 4) is 0 Å². The summed E-state index contributed by atoms with van der Waals surface area (Å²) >= 11 is 7.53. The van der Waals surface area contributed by atoms with Crippen LogP contribution < -0.4 is 0 Å². The summed E-state index contributed by atoms with van der Waals surface area (Å²) in [5, 5.41) is 2.48. The molecule has 0 aliphatic rings. The molecule has 0 saturated carbocycles. The van der Waals surface area contributed by atoms with E-state index >= 15 is 0 Å². The van der Waals surface area contributed by atoms with Crippen molar-refractivity contribution in [2.24, 2.45) is 0 Å². The maximum absolute atomic E-state index is 13.6. The van der Waals surface area contributed by atoms with E-state index in [1.165, 1.54) is 17.4 Å². The van der Waals surface area contributed by atoms with E-state index < -0.39 is 0 Å². The van der Waals surface area contributed by atoms with Crippen LogP contribution in [0.4, 0.5) is 4.39 Å². The minimum absolute atomic E-state index is 0.199. The van der Waals surface area contributed by atoms with Gasteiger partial charge < -0.3 is 0 Å². The first-order valence-electron chi connectivity index (χ1n) is 4.52. The van der Waals surface area contributed by atoms with Gasteiger partial charge >= 0.3 is 0 Å². The van der Waals surface area contributed by atoms with Gasteiger partial charge in [0.25, 0.3) is 0 Å². The molecule has 3 rings (SSSR count). The van der Waals surface area contributed by atoms with Gasteiger partial charge in [-0.2, -0.15) is 0 Å². The molecule has 0 aliphatic heterocycles. The monoisotopic (exact) mass is 236 g/mol. The van der Waals surface area contributed by atoms with Crippen LogP contribution in [0.25, 0.3) is 20.2 Å². The summed E-state index contributed by atoms with van der Waals surface area (Å²) in [7, 11) is 0. The van der Waals surface area contributed by atoms with Crippen molar-refractivity contribution < 1.29 is 4.39 Å². The van der Waals surface area contributed by atoms with Gasteiger partial charge in [0, 0.05) is 15.5 Å². The van der Waals surface area contributed by atoms with E-state index in [2.05, 4.69) is 0 Å². The largest absolute Gasteiger partial charge is 0.205 e. The fourth-order valence-electron chi connectivity index (χ4n) is 1.76. The minimum atomic E-state index is -0.199. The number of hydrogen-bond donors (Lipinski definition) is 0. The van der Waals surface area contributed by atoms with Gasteiger partial charge in [-0.15, -0.1) is 11.3 Å². The Hall–Kier alpha value is -1.12. The van der Waals surface area contributed by atoms with Crippen molar-refractivity contribution in [3.05, 3.63) is 47.2 Å². The third-order valence-electron chi connectivity index (χ3n) is 2.43. The van der Waals surface area contributed by atoms with Gasteiger partial charge in [-0.1, -0.05) is 29.8 Å². The lowest BCUT2D eigenvalue weighted by atomic mass is 10.1. The average molecular weight is 237 g/mol. The highest BCUT2D eigenvalue weighted by Gasteiger charge is 2.11. The molecule has 1 aromatic heterocycles. The molecule has 0 saturated heterocycles. The highest BCUT2D eigenvalue weighted by molar-refractivity contribution is 7.26. The Morgan fingerprint density at radius 2 is 1.87 bits per heavy atom. The molecular weight excluding hydrogens is 231 g/mol. The zero-order valence-electron chi connectivity index (χ0n) is 7.63. The van der Waals surface area contributed by atoms with E-state index in [0.717, 1.165) is 15.5 Å². The van der Waals surface area contributed by atoms with Gasteiger partial charge in [-0.05, 0) is 18.2 Å². The van der Waals surface area contributed by atoms with Crippen LogP contribution in [0.3, 0.4) is 0 Å². The third-order valence-corrected chi connectivity index (χ3v) is 3.92. The van der Waals surface area contributed by atoms with Crippen LogP contribution in [0.2, 0.25) is 5.02 Å². The number of fused-ring (bicyclic) bond motifs is 3. The lowest BCUT2D eigenvalue weighted by Gasteiger charge is -1.95. The smallest absolute Gasteiger partial charge is 0.141 e. The van der Waals surface area contributed by atoms with E-state index in [0.29, 0.717) is 9.72 Å². The molecule has 0 spiro atoms.